The molecular weight excluding hydrogens is 383 g/mol. The molecule has 0 heterocycles. The van der Waals surface area contributed by atoms with E-state index < -0.39 is 11.9 Å². The summed E-state index contributed by atoms with van der Waals surface area (Å²) in [6.07, 6.45) is 2.25. The van der Waals surface area contributed by atoms with Gasteiger partial charge in [0.1, 0.15) is 0 Å². The Hall–Kier alpha value is -1.54. The van der Waals surface area contributed by atoms with Crippen molar-refractivity contribution in [3.8, 4) is 0 Å². The molecule has 1 aromatic rings. The molecule has 0 radical (unpaired) electrons. The van der Waals surface area contributed by atoms with Crippen molar-refractivity contribution in [2.24, 2.45) is 0 Å². The Morgan fingerprint density at radius 1 is 1.08 bits per heavy atom. The molecule has 10 heteroatoms. The lowest BCUT2D eigenvalue weighted by Crippen LogP contribution is -2.39. The van der Waals surface area contributed by atoms with Gasteiger partial charge in [-0.05, 0) is 31.9 Å². The number of aliphatic carboxylic acids is 2. The van der Waals surface area contributed by atoms with Crippen LogP contribution >= 0.6 is 34.8 Å². The lowest BCUT2D eigenvalue weighted by Gasteiger charge is -2.15. The highest BCUT2D eigenvalue weighted by molar-refractivity contribution is 6.42. The minimum Gasteiger partial charge on any atom is -0.473 e. The van der Waals surface area contributed by atoms with Crippen molar-refractivity contribution in [3.05, 3.63) is 27.2 Å². The van der Waals surface area contributed by atoms with E-state index in [0.717, 1.165) is 12.8 Å². The van der Waals surface area contributed by atoms with Crippen LogP contribution in [0.25, 0.3) is 0 Å². The summed E-state index contributed by atoms with van der Waals surface area (Å²) in [5, 5.41) is 21.8. The van der Waals surface area contributed by atoms with E-state index in [1.807, 2.05) is 6.92 Å². The van der Waals surface area contributed by atoms with Crippen LogP contribution in [0, 0.1) is 0 Å². The molecule has 0 aromatic heterocycles. The first kappa shape index (κ1) is 20.5. The van der Waals surface area contributed by atoms with Gasteiger partial charge in [0.25, 0.3) is 0 Å². The van der Waals surface area contributed by atoms with Crippen LogP contribution in [-0.4, -0.2) is 40.1 Å². The van der Waals surface area contributed by atoms with Gasteiger partial charge in [0.2, 0.25) is 5.91 Å². The molecule has 0 saturated heterocycles. The van der Waals surface area contributed by atoms with E-state index in [2.05, 4.69) is 10.6 Å². The Labute approximate surface area is 152 Å². The predicted octanol–water partition coefficient (Wildman–Crippen LogP) is 2.88. The molecule has 0 spiro atoms. The molecule has 1 saturated carbocycles. The Morgan fingerprint density at radius 2 is 1.54 bits per heavy atom. The Kier molecular flexibility index (Phi) is 7.75. The van der Waals surface area contributed by atoms with Gasteiger partial charge >= 0.3 is 11.9 Å². The van der Waals surface area contributed by atoms with Gasteiger partial charge in [-0.15, -0.1) is 0 Å². The smallest absolute Gasteiger partial charge is 0.414 e. The summed E-state index contributed by atoms with van der Waals surface area (Å²) in [6.45, 7) is 1.81. The fourth-order valence-corrected chi connectivity index (χ4v) is 2.48. The number of hydrogen-bond acceptors (Lipinski definition) is 4. The molecule has 1 amide bonds. The predicted molar refractivity (Wildman–Crippen MR) is 91.0 cm³/mol. The van der Waals surface area contributed by atoms with Crippen molar-refractivity contribution in [2.75, 3.05) is 5.32 Å². The van der Waals surface area contributed by atoms with Crippen LogP contribution in [-0.2, 0) is 14.4 Å². The second kappa shape index (κ2) is 9.08. The maximum Gasteiger partial charge on any atom is 0.414 e. The number of amides is 1. The van der Waals surface area contributed by atoms with Crippen LogP contribution in [0.4, 0.5) is 5.69 Å². The average Bonchev–Trinajstić information content (AvgIpc) is 3.26. The lowest BCUT2D eigenvalue weighted by molar-refractivity contribution is -0.159. The molecule has 1 unspecified atom stereocenters. The Morgan fingerprint density at radius 3 is 1.92 bits per heavy atom. The molecule has 132 valence electrons. The van der Waals surface area contributed by atoms with Gasteiger partial charge in [-0.2, -0.15) is 0 Å². The first-order valence-electron chi connectivity index (χ1n) is 6.79. The van der Waals surface area contributed by atoms with Crippen molar-refractivity contribution >= 4 is 58.3 Å². The molecule has 1 aliphatic rings. The van der Waals surface area contributed by atoms with Gasteiger partial charge in [0, 0.05) is 11.1 Å². The summed E-state index contributed by atoms with van der Waals surface area (Å²) in [6, 6.07) is 3.27. The number of carboxylic acids is 2. The van der Waals surface area contributed by atoms with E-state index in [0.29, 0.717) is 26.8 Å². The zero-order valence-corrected chi connectivity index (χ0v) is 14.7. The average molecular weight is 398 g/mol. The van der Waals surface area contributed by atoms with Crippen molar-refractivity contribution in [3.63, 3.8) is 0 Å². The fraction of sp³-hybridized carbons (Fsp3) is 0.357. The summed E-state index contributed by atoms with van der Waals surface area (Å²) in [5.41, 5.74) is 0.400. The van der Waals surface area contributed by atoms with Crippen LogP contribution in [0.2, 0.25) is 15.1 Å². The fourth-order valence-electron chi connectivity index (χ4n) is 1.57. The number of carbonyl (C=O) groups excluding carboxylic acids is 1. The van der Waals surface area contributed by atoms with Gasteiger partial charge < -0.3 is 20.8 Å². The molecule has 4 N–H and O–H groups in total. The standard InChI is InChI=1S/C12H13Cl3N2O.C2H2O4/c1-6(16-8-2-3-8)12(18)17-11-9(14)4-7(13)5-10(11)15;3-1(4)2(5)6/h4-6,8,16H,2-3H2,1H3,(H,17,18);(H,3,4)(H,5,6). The summed E-state index contributed by atoms with van der Waals surface area (Å²) >= 11 is 17.8. The number of rotatable bonds is 4. The quantitative estimate of drug-likeness (QED) is 0.581. The van der Waals surface area contributed by atoms with Gasteiger partial charge in [-0.1, -0.05) is 34.8 Å². The molecule has 1 aliphatic carbocycles. The van der Waals surface area contributed by atoms with Crippen molar-refractivity contribution in [1.82, 2.24) is 5.32 Å². The topological polar surface area (TPSA) is 116 Å². The van der Waals surface area contributed by atoms with Crippen molar-refractivity contribution in [2.45, 2.75) is 31.8 Å². The summed E-state index contributed by atoms with van der Waals surface area (Å²) in [5.74, 6) is -3.81. The number of anilines is 1. The molecular formula is C14H15Cl3N2O5. The Bertz CT molecular complexity index is 614. The zero-order chi connectivity index (χ0) is 18.4. The van der Waals surface area contributed by atoms with Crippen LogP contribution in [0.15, 0.2) is 12.1 Å². The highest BCUT2D eigenvalue weighted by atomic mass is 35.5. The zero-order valence-electron chi connectivity index (χ0n) is 12.5. The number of nitrogens with one attached hydrogen (secondary N) is 2. The molecule has 24 heavy (non-hydrogen) atoms. The minimum atomic E-state index is -1.82. The largest absolute Gasteiger partial charge is 0.473 e. The van der Waals surface area contributed by atoms with Gasteiger partial charge in [-0.25, -0.2) is 9.59 Å². The molecule has 7 nitrogen and oxygen atoms in total. The Balaban J connectivity index is 0.000000413. The molecule has 1 atom stereocenters. The van der Waals surface area contributed by atoms with E-state index >= 15 is 0 Å². The van der Waals surface area contributed by atoms with E-state index in [4.69, 9.17) is 54.6 Å². The van der Waals surface area contributed by atoms with Crippen LogP contribution in [0.3, 0.4) is 0 Å². The first-order chi connectivity index (χ1) is 11.1. The molecule has 0 aliphatic heterocycles. The van der Waals surface area contributed by atoms with Crippen LogP contribution in [0.5, 0.6) is 0 Å². The van der Waals surface area contributed by atoms with E-state index in [1.54, 1.807) is 12.1 Å². The summed E-state index contributed by atoms with van der Waals surface area (Å²) in [4.78, 5) is 30.1. The second-order valence-corrected chi connectivity index (χ2v) is 6.26. The highest BCUT2D eigenvalue weighted by Crippen LogP contribution is 2.33. The summed E-state index contributed by atoms with van der Waals surface area (Å²) in [7, 11) is 0. The maximum absolute atomic E-state index is 11.9. The second-order valence-electron chi connectivity index (χ2n) is 5.01. The van der Waals surface area contributed by atoms with Crippen LogP contribution in [0.1, 0.15) is 19.8 Å². The first-order valence-corrected chi connectivity index (χ1v) is 7.92. The number of hydrogen-bond donors (Lipinski definition) is 4. The number of carboxylic acid groups (broad SMARTS) is 2. The monoisotopic (exact) mass is 396 g/mol. The van der Waals surface area contributed by atoms with Gasteiger partial charge in [0.05, 0.1) is 21.8 Å². The van der Waals surface area contributed by atoms with Gasteiger partial charge in [0.15, 0.2) is 0 Å². The number of halogens is 3. The third-order valence-corrected chi connectivity index (χ3v) is 3.71. The van der Waals surface area contributed by atoms with Crippen LogP contribution < -0.4 is 10.6 Å². The van der Waals surface area contributed by atoms with E-state index in [-0.39, 0.29) is 11.9 Å². The third-order valence-electron chi connectivity index (χ3n) is 2.89. The van der Waals surface area contributed by atoms with Crippen molar-refractivity contribution < 1.29 is 24.6 Å². The molecule has 0 bridgehead atoms. The highest BCUT2D eigenvalue weighted by Gasteiger charge is 2.26. The van der Waals surface area contributed by atoms with E-state index in [9.17, 15) is 4.79 Å². The SMILES string of the molecule is CC(NC1CC1)C(=O)Nc1c(Cl)cc(Cl)cc1Cl.O=C(O)C(=O)O. The van der Waals surface area contributed by atoms with Gasteiger partial charge in [-0.3, -0.25) is 4.79 Å². The minimum absolute atomic E-state index is 0.159. The third kappa shape index (κ3) is 6.92. The molecule has 1 aromatic carbocycles. The number of benzene rings is 1. The normalized spacial score (nSPS) is 14.2. The van der Waals surface area contributed by atoms with Crippen molar-refractivity contribution in [1.29, 1.82) is 0 Å². The number of carbonyl (C=O) groups is 3. The van der Waals surface area contributed by atoms with E-state index in [1.165, 1.54) is 0 Å². The summed E-state index contributed by atoms with van der Waals surface area (Å²) < 4.78 is 0. The maximum atomic E-state index is 11.9. The lowest BCUT2D eigenvalue weighted by atomic mass is 10.2. The molecule has 2 rings (SSSR count). The molecule has 1 fully saturated rings.